The predicted molar refractivity (Wildman–Crippen MR) is 74.4 cm³/mol. The van der Waals surface area contributed by atoms with Crippen LogP contribution in [0.15, 0.2) is 5.38 Å². The van der Waals surface area contributed by atoms with Crippen LogP contribution in [0.1, 0.15) is 41.3 Å². The van der Waals surface area contributed by atoms with Crippen molar-refractivity contribution in [3.05, 3.63) is 21.6 Å². The van der Waals surface area contributed by atoms with E-state index in [0.29, 0.717) is 6.42 Å². The fourth-order valence-electron chi connectivity index (χ4n) is 2.26. The van der Waals surface area contributed by atoms with Gasteiger partial charge in [-0.05, 0) is 18.8 Å². The number of nitrogens with zero attached hydrogens (tertiary/aromatic N) is 2. The lowest BCUT2D eigenvalue weighted by Crippen LogP contribution is -2.25. The molecule has 2 heterocycles. The number of ketones is 1. The number of hydrogen-bond donors (Lipinski definition) is 0. The van der Waals surface area contributed by atoms with Crippen LogP contribution in [0.2, 0.25) is 0 Å². The Morgan fingerprint density at radius 1 is 1.22 bits per heavy atom. The van der Waals surface area contributed by atoms with Gasteiger partial charge < -0.3 is 0 Å². The largest absolute Gasteiger partial charge is 0.293 e. The molecule has 0 saturated heterocycles. The zero-order chi connectivity index (χ0) is 12.9. The van der Waals surface area contributed by atoms with Gasteiger partial charge in [-0.3, -0.25) is 4.79 Å². The Labute approximate surface area is 114 Å². The zero-order valence-electron chi connectivity index (χ0n) is 10.6. The maximum Gasteiger partial charge on any atom is 0.175 e. The Bertz CT molecular complexity index is 625. The fraction of sp³-hybridized carbons (Fsp3) is 0.462. The summed E-state index contributed by atoms with van der Waals surface area (Å²) in [6.07, 6.45) is 1.51. The number of aromatic nitrogens is 2. The molecule has 18 heavy (non-hydrogen) atoms. The van der Waals surface area contributed by atoms with Crippen molar-refractivity contribution >= 4 is 28.5 Å². The third kappa shape index (κ3) is 2.01. The van der Waals surface area contributed by atoms with E-state index in [2.05, 4.69) is 23.8 Å². The van der Waals surface area contributed by atoms with Gasteiger partial charge in [0.05, 0.1) is 10.6 Å². The van der Waals surface area contributed by atoms with Crippen LogP contribution in [0.25, 0.3) is 10.0 Å². The van der Waals surface area contributed by atoms with E-state index in [1.807, 2.05) is 12.3 Å². The Kier molecular flexibility index (Phi) is 2.64. The van der Waals surface area contributed by atoms with E-state index in [0.717, 1.165) is 32.7 Å². The summed E-state index contributed by atoms with van der Waals surface area (Å²) >= 11 is 3.09. The van der Waals surface area contributed by atoms with Gasteiger partial charge in [0, 0.05) is 17.5 Å². The molecule has 0 fully saturated rings. The summed E-state index contributed by atoms with van der Waals surface area (Å²) in [7, 11) is 0. The van der Waals surface area contributed by atoms with Crippen molar-refractivity contribution in [2.45, 2.75) is 33.6 Å². The number of carbonyl (C=O) groups is 1. The van der Waals surface area contributed by atoms with Crippen molar-refractivity contribution in [1.29, 1.82) is 0 Å². The lowest BCUT2D eigenvalue weighted by Gasteiger charge is -2.26. The Morgan fingerprint density at radius 2 is 2.00 bits per heavy atom. The van der Waals surface area contributed by atoms with Crippen molar-refractivity contribution < 1.29 is 4.79 Å². The van der Waals surface area contributed by atoms with Gasteiger partial charge in [0.2, 0.25) is 0 Å². The first-order valence-corrected chi connectivity index (χ1v) is 7.60. The molecule has 0 N–H and O–H groups in total. The van der Waals surface area contributed by atoms with Crippen molar-refractivity contribution in [3.63, 3.8) is 0 Å². The van der Waals surface area contributed by atoms with Crippen LogP contribution in [0.4, 0.5) is 0 Å². The first-order chi connectivity index (χ1) is 8.44. The van der Waals surface area contributed by atoms with E-state index in [-0.39, 0.29) is 11.2 Å². The first kappa shape index (κ1) is 12.0. The van der Waals surface area contributed by atoms with Gasteiger partial charge in [-0.2, -0.15) is 0 Å². The molecule has 0 unspecified atom stereocenters. The Balaban J connectivity index is 2.05. The number of aryl methyl sites for hydroxylation is 1. The molecule has 0 atom stereocenters. The highest BCUT2D eigenvalue weighted by Crippen LogP contribution is 2.39. The second-order valence-corrected chi connectivity index (χ2v) is 7.39. The van der Waals surface area contributed by atoms with Gasteiger partial charge in [-0.15, -0.1) is 22.7 Å². The summed E-state index contributed by atoms with van der Waals surface area (Å²) in [6, 6.07) is 0. The Hall–Kier alpha value is -1.07. The van der Waals surface area contributed by atoms with Crippen LogP contribution in [0.5, 0.6) is 0 Å². The fourth-order valence-corrected chi connectivity index (χ4v) is 4.11. The number of hydrogen-bond acceptors (Lipinski definition) is 5. The highest BCUT2D eigenvalue weighted by atomic mass is 32.1. The third-order valence-electron chi connectivity index (χ3n) is 3.04. The number of carbonyl (C=O) groups excluding carboxylic acids is 1. The monoisotopic (exact) mass is 278 g/mol. The molecule has 0 amide bonds. The number of fused-ring (bicyclic) bond motifs is 1. The summed E-state index contributed by atoms with van der Waals surface area (Å²) < 4.78 is 0. The Morgan fingerprint density at radius 3 is 2.67 bits per heavy atom. The molecule has 0 saturated carbocycles. The minimum Gasteiger partial charge on any atom is -0.293 e. The SMILES string of the molecule is Cc1csc(-c2nc3c(s2)C(=O)CC(C)(C)C3)n1. The summed E-state index contributed by atoms with van der Waals surface area (Å²) in [5.41, 5.74) is 2.01. The highest BCUT2D eigenvalue weighted by molar-refractivity contribution is 7.21. The average Bonchev–Trinajstić information content (AvgIpc) is 2.82. The van der Waals surface area contributed by atoms with Crippen LogP contribution in [-0.2, 0) is 6.42 Å². The molecule has 0 spiro atoms. The van der Waals surface area contributed by atoms with Gasteiger partial charge in [-0.25, -0.2) is 9.97 Å². The standard InChI is InChI=1S/C13H14N2OS2/c1-7-6-17-11(14-7)12-15-8-4-13(2,3)5-9(16)10(8)18-12/h6H,4-5H2,1-3H3. The maximum atomic E-state index is 12.1. The topological polar surface area (TPSA) is 42.9 Å². The molecule has 3 rings (SSSR count). The van der Waals surface area contributed by atoms with Crippen LogP contribution in [0, 0.1) is 12.3 Å². The average molecular weight is 278 g/mol. The molecule has 0 radical (unpaired) electrons. The molecule has 0 aliphatic heterocycles. The predicted octanol–water partition coefficient (Wildman–Crippen LogP) is 3.73. The van der Waals surface area contributed by atoms with E-state index in [1.54, 1.807) is 11.3 Å². The van der Waals surface area contributed by atoms with Crippen LogP contribution in [0.3, 0.4) is 0 Å². The molecule has 5 heteroatoms. The summed E-state index contributed by atoms with van der Waals surface area (Å²) in [5.74, 6) is 0.235. The van der Waals surface area contributed by atoms with Gasteiger partial charge >= 0.3 is 0 Å². The highest BCUT2D eigenvalue weighted by Gasteiger charge is 2.34. The minimum absolute atomic E-state index is 0.0359. The molecule has 1 aliphatic rings. The second-order valence-electron chi connectivity index (χ2n) is 5.53. The number of thiazole rings is 2. The summed E-state index contributed by atoms with van der Waals surface area (Å²) in [5, 5.41) is 3.84. The molecule has 2 aromatic rings. The van der Waals surface area contributed by atoms with E-state index in [4.69, 9.17) is 0 Å². The second kappa shape index (κ2) is 3.96. The molecular weight excluding hydrogens is 264 g/mol. The molecule has 3 nitrogen and oxygen atoms in total. The van der Waals surface area contributed by atoms with Crippen LogP contribution in [-0.4, -0.2) is 15.8 Å². The molecule has 94 valence electrons. The van der Waals surface area contributed by atoms with E-state index < -0.39 is 0 Å². The van der Waals surface area contributed by atoms with Crippen molar-refractivity contribution in [2.24, 2.45) is 5.41 Å². The van der Waals surface area contributed by atoms with Gasteiger partial charge in [0.15, 0.2) is 15.8 Å². The normalized spacial score (nSPS) is 17.8. The molecular formula is C13H14N2OS2. The minimum atomic E-state index is 0.0359. The molecule has 0 aromatic carbocycles. The number of rotatable bonds is 1. The van der Waals surface area contributed by atoms with Crippen molar-refractivity contribution in [3.8, 4) is 10.0 Å². The summed E-state index contributed by atoms with van der Waals surface area (Å²) in [6.45, 7) is 6.22. The van der Waals surface area contributed by atoms with E-state index in [9.17, 15) is 4.79 Å². The smallest absolute Gasteiger partial charge is 0.175 e. The molecule has 0 bridgehead atoms. The maximum absolute atomic E-state index is 12.1. The number of Topliss-reactive ketones (excluding diaryl/α,β-unsaturated/α-hetero) is 1. The van der Waals surface area contributed by atoms with E-state index >= 15 is 0 Å². The lowest BCUT2D eigenvalue weighted by molar-refractivity contribution is 0.0916. The molecule has 2 aromatic heterocycles. The summed E-state index contributed by atoms with van der Waals surface area (Å²) in [4.78, 5) is 22.0. The quantitative estimate of drug-likeness (QED) is 0.798. The van der Waals surface area contributed by atoms with Gasteiger partial charge in [0.25, 0.3) is 0 Å². The van der Waals surface area contributed by atoms with Gasteiger partial charge in [0.1, 0.15) is 0 Å². The van der Waals surface area contributed by atoms with Gasteiger partial charge in [-0.1, -0.05) is 13.8 Å². The van der Waals surface area contributed by atoms with E-state index in [1.165, 1.54) is 11.3 Å². The molecule has 1 aliphatic carbocycles. The van der Waals surface area contributed by atoms with Crippen LogP contribution < -0.4 is 0 Å². The zero-order valence-corrected chi connectivity index (χ0v) is 12.2. The van der Waals surface area contributed by atoms with Crippen molar-refractivity contribution in [1.82, 2.24) is 9.97 Å². The van der Waals surface area contributed by atoms with Crippen LogP contribution >= 0.6 is 22.7 Å². The first-order valence-electron chi connectivity index (χ1n) is 5.90. The lowest BCUT2D eigenvalue weighted by atomic mass is 9.78. The van der Waals surface area contributed by atoms with Crippen molar-refractivity contribution in [2.75, 3.05) is 0 Å². The third-order valence-corrected chi connectivity index (χ3v) is 5.28.